The van der Waals surface area contributed by atoms with E-state index in [-0.39, 0.29) is 23.7 Å². The fourth-order valence-electron chi connectivity index (χ4n) is 4.78. The number of likely N-dealkylation sites (tertiary alicyclic amines) is 1. The maximum Gasteiger partial charge on any atom is 0.307 e. The highest BCUT2D eigenvalue weighted by Gasteiger charge is 2.51. The van der Waals surface area contributed by atoms with Crippen LogP contribution in [0.25, 0.3) is 0 Å². The number of benzene rings is 1. The molecule has 1 saturated heterocycles. The molecule has 6 heteroatoms. The fourth-order valence-corrected chi connectivity index (χ4v) is 4.78. The summed E-state index contributed by atoms with van der Waals surface area (Å²) in [6, 6.07) is 7.00. The number of para-hydroxylation sites is 1. The van der Waals surface area contributed by atoms with E-state index < -0.39 is 17.8 Å². The summed E-state index contributed by atoms with van der Waals surface area (Å²) >= 11 is 0. The molecule has 0 spiro atoms. The molecule has 2 aliphatic carbocycles. The number of rotatable bonds is 4. The van der Waals surface area contributed by atoms with Gasteiger partial charge in [-0.2, -0.15) is 0 Å². The Morgan fingerprint density at radius 1 is 0.963 bits per heavy atom. The summed E-state index contributed by atoms with van der Waals surface area (Å²) in [5.74, 6) is -2.70. The van der Waals surface area contributed by atoms with E-state index in [4.69, 9.17) is 0 Å². The quantitative estimate of drug-likeness (QED) is 0.800. The topological polar surface area (TPSA) is 86.7 Å². The zero-order chi connectivity index (χ0) is 19.0. The Hall–Kier alpha value is -2.63. The highest BCUT2D eigenvalue weighted by molar-refractivity contribution is 6.05. The highest BCUT2D eigenvalue weighted by Crippen LogP contribution is 2.48. The summed E-state index contributed by atoms with van der Waals surface area (Å²) < 4.78 is 0. The van der Waals surface area contributed by atoms with Crippen molar-refractivity contribution in [2.24, 2.45) is 23.7 Å². The number of allylic oxidation sites excluding steroid dienone is 2. The predicted octanol–water partition coefficient (Wildman–Crippen LogP) is 2.77. The second kappa shape index (κ2) is 7.18. The Bertz CT molecular complexity index is 797. The second-order valence-electron chi connectivity index (χ2n) is 7.73. The SMILES string of the molecule is O=C(O)C1C2C=CC(C2)C1C(=O)Nc1ccccc1C(=O)N1CCCCC1. The lowest BCUT2D eigenvalue weighted by Gasteiger charge is -2.28. The molecule has 2 N–H and O–H groups in total. The monoisotopic (exact) mass is 368 g/mol. The van der Waals surface area contributed by atoms with Crippen LogP contribution in [0.3, 0.4) is 0 Å². The molecule has 2 fully saturated rings. The molecule has 4 atom stereocenters. The van der Waals surface area contributed by atoms with Gasteiger partial charge in [0.25, 0.3) is 5.91 Å². The molecule has 142 valence electrons. The number of carbonyl (C=O) groups excluding carboxylic acids is 2. The first-order chi connectivity index (χ1) is 13.1. The van der Waals surface area contributed by atoms with Gasteiger partial charge < -0.3 is 15.3 Å². The van der Waals surface area contributed by atoms with Gasteiger partial charge in [-0.15, -0.1) is 0 Å². The Morgan fingerprint density at radius 2 is 1.63 bits per heavy atom. The zero-order valence-electron chi connectivity index (χ0n) is 15.1. The summed E-state index contributed by atoms with van der Waals surface area (Å²) in [6.45, 7) is 1.47. The van der Waals surface area contributed by atoms with E-state index in [0.29, 0.717) is 17.7 Å². The van der Waals surface area contributed by atoms with Crippen LogP contribution in [0.2, 0.25) is 0 Å². The molecule has 2 amide bonds. The number of hydrogen-bond acceptors (Lipinski definition) is 3. The lowest BCUT2D eigenvalue weighted by Crippen LogP contribution is -2.38. The summed E-state index contributed by atoms with van der Waals surface area (Å²) in [7, 11) is 0. The number of piperidine rings is 1. The minimum atomic E-state index is -0.926. The molecular formula is C21H24N2O4. The van der Waals surface area contributed by atoms with E-state index in [1.54, 1.807) is 24.3 Å². The standard InChI is InChI=1S/C21H24N2O4/c24-19(17-13-8-9-14(12-13)18(17)21(26)27)22-16-7-3-2-6-15(16)20(25)23-10-4-1-5-11-23/h2-3,6-9,13-14,17-18H,1,4-5,10-12H2,(H,22,24)(H,26,27). The molecule has 1 aromatic carbocycles. The first kappa shape index (κ1) is 17.8. The van der Waals surface area contributed by atoms with E-state index in [2.05, 4.69) is 5.32 Å². The molecule has 1 aromatic rings. The third kappa shape index (κ3) is 3.24. The zero-order valence-corrected chi connectivity index (χ0v) is 15.1. The van der Waals surface area contributed by atoms with Crippen molar-refractivity contribution in [3.05, 3.63) is 42.0 Å². The van der Waals surface area contributed by atoms with E-state index in [0.717, 1.165) is 32.4 Å². The second-order valence-corrected chi connectivity index (χ2v) is 7.73. The maximum absolute atomic E-state index is 12.9. The molecule has 1 heterocycles. The fraction of sp³-hybridized carbons (Fsp3) is 0.476. The molecule has 0 aromatic heterocycles. The van der Waals surface area contributed by atoms with Gasteiger partial charge in [0.2, 0.25) is 5.91 Å². The number of fused-ring (bicyclic) bond motifs is 2. The van der Waals surface area contributed by atoms with E-state index in [9.17, 15) is 19.5 Å². The average molecular weight is 368 g/mol. The third-order valence-electron chi connectivity index (χ3n) is 6.11. The smallest absolute Gasteiger partial charge is 0.307 e. The van der Waals surface area contributed by atoms with E-state index >= 15 is 0 Å². The van der Waals surface area contributed by atoms with Crippen molar-refractivity contribution >= 4 is 23.5 Å². The van der Waals surface area contributed by atoms with E-state index in [1.165, 1.54) is 0 Å². The van der Waals surface area contributed by atoms with Crippen molar-refractivity contribution in [1.29, 1.82) is 0 Å². The number of amides is 2. The molecule has 4 rings (SSSR count). The van der Waals surface area contributed by atoms with Gasteiger partial charge >= 0.3 is 5.97 Å². The van der Waals surface area contributed by atoms with Gasteiger partial charge in [-0.1, -0.05) is 24.3 Å². The lowest BCUT2D eigenvalue weighted by atomic mass is 9.82. The first-order valence-electron chi connectivity index (χ1n) is 9.66. The number of carboxylic acid groups (broad SMARTS) is 1. The minimum Gasteiger partial charge on any atom is -0.481 e. The van der Waals surface area contributed by atoms with Crippen LogP contribution in [-0.4, -0.2) is 40.9 Å². The van der Waals surface area contributed by atoms with Crippen molar-refractivity contribution in [1.82, 2.24) is 4.90 Å². The number of carboxylic acids is 1. The highest BCUT2D eigenvalue weighted by atomic mass is 16.4. The maximum atomic E-state index is 12.9. The number of anilines is 1. The number of carbonyl (C=O) groups is 3. The number of hydrogen-bond donors (Lipinski definition) is 2. The Labute approximate surface area is 158 Å². The molecule has 3 aliphatic rings. The van der Waals surface area contributed by atoms with Gasteiger partial charge in [0.05, 0.1) is 23.1 Å². The van der Waals surface area contributed by atoms with Crippen molar-refractivity contribution in [3.63, 3.8) is 0 Å². The van der Waals surface area contributed by atoms with Crippen molar-refractivity contribution in [2.75, 3.05) is 18.4 Å². The largest absolute Gasteiger partial charge is 0.481 e. The van der Waals surface area contributed by atoms with Gasteiger partial charge in [0.1, 0.15) is 0 Å². The summed E-state index contributed by atoms with van der Waals surface area (Å²) in [5.41, 5.74) is 0.937. The third-order valence-corrected chi connectivity index (χ3v) is 6.11. The van der Waals surface area contributed by atoms with Gasteiger partial charge in [-0.3, -0.25) is 14.4 Å². The van der Waals surface area contributed by atoms with Crippen LogP contribution in [-0.2, 0) is 9.59 Å². The van der Waals surface area contributed by atoms with Crippen LogP contribution in [0.4, 0.5) is 5.69 Å². The van der Waals surface area contributed by atoms with Crippen LogP contribution in [0.5, 0.6) is 0 Å². The number of nitrogens with zero attached hydrogens (tertiary/aromatic N) is 1. The molecule has 2 bridgehead atoms. The van der Waals surface area contributed by atoms with Gasteiger partial charge in [-0.25, -0.2) is 0 Å². The minimum absolute atomic E-state index is 0.0407. The van der Waals surface area contributed by atoms with Crippen LogP contribution in [0, 0.1) is 23.7 Å². The van der Waals surface area contributed by atoms with Crippen LogP contribution >= 0.6 is 0 Å². The van der Waals surface area contributed by atoms with Crippen LogP contribution in [0.15, 0.2) is 36.4 Å². The Kier molecular flexibility index (Phi) is 4.72. The van der Waals surface area contributed by atoms with Gasteiger partial charge in [-0.05, 0) is 49.7 Å². The van der Waals surface area contributed by atoms with Crippen molar-refractivity contribution in [3.8, 4) is 0 Å². The Balaban J connectivity index is 1.54. The summed E-state index contributed by atoms with van der Waals surface area (Å²) in [5, 5.41) is 12.4. The van der Waals surface area contributed by atoms with Crippen molar-refractivity contribution < 1.29 is 19.5 Å². The molecule has 6 nitrogen and oxygen atoms in total. The molecule has 0 radical (unpaired) electrons. The Morgan fingerprint density at radius 3 is 2.33 bits per heavy atom. The molecule has 1 saturated carbocycles. The average Bonchev–Trinajstić information content (AvgIpc) is 3.30. The van der Waals surface area contributed by atoms with Crippen molar-refractivity contribution in [2.45, 2.75) is 25.7 Å². The van der Waals surface area contributed by atoms with Gasteiger partial charge in [0, 0.05) is 13.1 Å². The normalized spacial score (nSPS) is 29.0. The first-order valence-corrected chi connectivity index (χ1v) is 9.66. The number of aliphatic carboxylic acids is 1. The lowest BCUT2D eigenvalue weighted by molar-refractivity contribution is -0.146. The van der Waals surface area contributed by atoms with Gasteiger partial charge in [0.15, 0.2) is 0 Å². The number of nitrogens with one attached hydrogen (secondary N) is 1. The molecule has 4 unspecified atom stereocenters. The molecule has 1 aliphatic heterocycles. The predicted molar refractivity (Wildman–Crippen MR) is 100 cm³/mol. The molecular weight excluding hydrogens is 344 g/mol. The summed E-state index contributed by atoms with van der Waals surface area (Å²) in [4.78, 5) is 39.3. The summed E-state index contributed by atoms with van der Waals surface area (Å²) in [6.07, 6.45) is 7.72. The van der Waals surface area contributed by atoms with Crippen LogP contribution < -0.4 is 5.32 Å². The van der Waals surface area contributed by atoms with E-state index in [1.807, 2.05) is 17.1 Å². The molecule has 27 heavy (non-hydrogen) atoms. The van der Waals surface area contributed by atoms with Crippen LogP contribution in [0.1, 0.15) is 36.0 Å².